The number of carbonyl (C=O) groups is 1. The smallest absolute Gasteiger partial charge is 0.407 e. The van der Waals surface area contributed by atoms with Crippen LogP contribution in [-0.4, -0.2) is 49.4 Å². The molecule has 0 atom stereocenters. The number of methoxy groups -OCH3 is 1. The predicted molar refractivity (Wildman–Crippen MR) is 178 cm³/mol. The molecule has 46 heavy (non-hydrogen) atoms. The lowest BCUT2D eigenvalue weighted by Crippen LogP contribution is -2.34. The molecule has 4 heterocycles. The van der Waals surface area contributed by atoms with E-state index >= 15 is 4.39 Å². The molecule has 0 aliphatic carbocycles. The molecule has 0 aliphatic heterocycles. The molecule has 0 saturated carbocycles. The summed E-state index contributed by atoms with van der Waals surface area (Å²) in [5, 5.41) is 3.34. The van der Waals surface area contributed by atoms with Gasteiger partial charge < -0.3 is 19.4 Å². The largest absolute Gasteiger partial charge is 0.496 e. The highest BCUT2D eigenvalue weighted by Gasteiger charge is 2.27. The van der Waals surface area contributed by atoms with Crippen molar-refractivity contribution in [1.29, 1.82) is 0 Å². The molecule has 0 spiro atoms. The molecule has 0 radical (unpaired) electrons. The van der Waals surface area contributed by atoms with Gasteiger partial charge in [-0.1, -0.05) is 31.5 Å². The zero-order valence-electron chi connectivity index (χ0n) is 26.7. The molecule has 5 aromatic rings. The maximum atomic E-state index is 15.4. The Morgan fingerprint density at radius 3 is 2.57 bits per heavy atom. The lowest BCUT2D eigenvalue weighted by atomic mass is 10.0. The molecule has 1 amide bonds. The normalized spacial score (nSPS) is 11.9. The highest BCUT2D eigenvalue weighted by Crippen LogP contribution is 2.39. The summed E-state index contributed by atoms with van der Waals surface area (Å²) in [5.74, 6) is -0.0303. The fourth-order valence-electron chi connectivity index (χ4n) is 5.45. The van der Waals surface area contributed by atoms with Gasteiger partial charge in [0.05, 0.1) is 46.2 Å². The van der Waals surface area contributed by atoms with Gasteiger partial charge in [0.15, 0.2) is 11.2 Å². The molecular formula is C33H35Cl2FN6O4. The Morgan fingerprint density at radius 1 is 1.17 bits per heavy atom. The van der Waals surface area contributed by atoms with Crippen LogP contribution >= 0.6 is 23.2 Å². The Morgan fingerprint density at radius 2 is 1.91 bits per heavy atom. The Kier molecular flexibility index (Phi) is 9.28. The van der Waals surface area contributed by atoms with Crippen molar-refractivity contribution in [1.82, 2.24) is 29.4 Å². The summed E-state index contributed by atoms with van der Waals surface area (Å²) in [6, 6.07) is 7.88. The number of aryl methyl sites for hydroxylation is 1. The molecule has 0 aliphatic rings. The number of imidazole rings is 1. The lowest BCUT2D eigenvalue weighted by molar-refractivity contribution is 0.0526. The first-order chi connectivity index (χ1) is 21.8. The fraction of sp³-hybridized carbons (Fsp3) is 0.364. The van der Waals surface area contributed by atoms with Crippen LogP contribution in [0, 0.1) is 12.7 Å². The van der Waals surface area contributed by atoms with Gasteiger partial charge in [-0.3, -0.25) is 14.3 Å². The molecule has 5 rings (SSSR count). The second-order valence-corrected chi connectivity index (χ2v) is 12.8. The molecule has 242 valence electrons. The highest BCUT2D eigenvalue weighted by atomic mass is 35.5. The number of ether oxygens (including phenoxy) is 2. The van der Waals surface area contributed by atoms with Crippen LogP contribution < -0.4 is 15.6 Å². The predicted octanol–water partition coefficient (Wildman–Crippen LogP) is 7.29. The average molecular weight is 670 g/mol. The number of hydrogen-bond donors (Lipinski definition) is 1. The van der Waals surface area contributed by atoms with Gasteiger partial charge in [-0.05, 0) is 63.4 Å². The van der Waals surface area contributed by atoms with E-state index in [1.165, 1.54) is 23.8 Å². The van der Waals surface area contributed by atoms with E-state index < -0.39 is 23.1 Å². The van der Waals surface area contributed by atoms with Crippen molar-refractivity contribution in [2.75, 3.05) is 13.7 Å². The van der Waals surface area contributed by atoms with E-state index in [9.17, 15) is 9.59 Å². The number of fused-ring (bicyclic) bond motifs is 3. The lowest BCUT2D eigenvalue weighted by Gasteiger charge is -2.20. The summed E-state index contributed by atoms with van der Waals surface area (Å²) >= 11 is 13.2. The van der Waals surface area contributed by atoms with Gasteiger partial charge in [0.1, 0.15) is 23.0 Å². The number of alkyl halides is 1. The van der Waals surface area contributed by atoms with Gasteiger partial charge in [-0.2, -0.15) is 0 Å². The SMILES string of the molecule is COc1cccc(F)c1-c1nc2c(cc1Cl)c1c(nc(CCl)n1CCNC(=O)OC(C)(C)C)c(=O)n2-c1c(C)ccnc1C(C)C. The van der Waals surface area contributed by atoms with Crippen molar-refractivity contribution in [2.24, 2.45) is 0 Å². The summed E-state index contributed by atoms with van der Waals surface area (Å²) in [6.07, 6.45) is 1.11. The maximum absolute atomic E-state index is 15.4. The van der Waals surface area contributed by atoms with Crippen LogP contribution in [-0.2, 0) is 17.2 Å². The topological polar surface area (TPSA) is 113 Å². The van der Waals surface area contributed by atoms with Crippen LogP contribution in [0.15, 0.2) is 41.3 Å². The van der Waals surface area contributed by atoms with Crippen molar-refractivity contribution in [3.63, 3.8) is 0 Å². The first kappa shape index (κ1) is 33.2. The minimum atomic E-state index is -0.672. The van der Waals surface area contributed by atoms with Gasteiger partial charge in [0.2, 0.25) is 0 Å². The molecule has 0 unspecified atom stereocenters. The Bertz CT molecular complexity index is 2030. The van der Waals surface area contributed by atoms with Crippen molar-refractivity contribution in [2.45, 2.75) is 65.5 Å². The summed E-state index contributed by atoms with van der Waals surface area (Å²) in [5.41, 5.74) is 1.77. The van der Waals surface area contributed by atoms with E-state index in [-0.39, 0.29) is 58.1 Å². The summed E-state index contributed by atoms with van der Waals surface area (Å²) in [4.78, 5) is 41.1. The molecule has 4 aromatic heterocycles. The molecular weight excluding hydrogens is 634 g/mol. The van der Waals surface area contributed by atoms with Crippen molar-refractivity contribution in [3.8, 4) is 22.7 Å². The van der Waals surface area contributed by atoms with Gasteiger partial charge in [0.25, 0.3) is 5.56 Å². The first-order valence-electron chi connectivity index (χ1n) is 14.7. The van der Waals surface area contributed by atoms with E-state index in [1.807, 2.05) is 26.8 Å². The van der Waals surface area contributed by atoms with Crippen molar-refractivity contribution in [3.05, 3.63) is 74.8 Å². The van der Waals surface area contributed by atoms with Crippen LogP contribution in [0.5, 0.6) is 5.75 Å². The van der Waals surface area contributed by atoms with E-state index in [4.69, 9.17) is 37.7 Å². The average Bonchev–Trinajstić information content (AvgIpc) is 3.36. The van der Waals surface area contributed by atoms with Crippen LogP contribution in [0.4, 0.5) is 9.18 Å². The van der Waals surface area contributed by atoms with Gasteiger partial charge in [0, 0.05) is 24.7 Å². The number of nitrogens with one attached hydrogen (secondary N) is 1. The second-order valence-electron chi connectivity index (χ2n) is 12.1. The number of alkyl carbamates (subject to hydrolysis) is 1. The Labute approximate surface area is 275 Å². The third-order valence-electron chi connectivity index (χ3n) is 7.36. The zero-order valence-corrected chi connectivity index (χ0v) is 28.2. The van der Waals surface area contributed by atoms with Gasteiger partial charge >= 0.3 is 6.09 Å². The van der Waals surface area contributed by atoms with E-state index in [1.54, 1.807) is 43.7 Å². The number of pyridine rings is 3. The van der Waals surface area contributed by atoms with E-state index in [0.717, 1.165) is 5.56 Å². The number of carbonyl (C=O) groups excluding carboxylic acids is 1. The monoisotopic (exact) mass is 668 g/mol. The molecule has 1 aromatic carbocycles. The molecule has 1 N–H and O–H groups in total. The first-order valence-corrected chi connectivity index (χ1v) is 15.6. The maximum Gasteiger partial charge on any atom is 0.407 e. The molecule has 13 heteroatoms. The third-order valence-corrected chi connectivity index (χ3v) is 7.88. The number of halogens is 3. The van der Waals surface area contributed by atoms with Crippen LogP contribution in [0.3, 0.4) is 0 Å². The van der Waals surface area contributed by atoms with Gasteiger partial charge in [-0.15, -0.1) is 11.6 Å². The molecule has 0 saturated heterocycles. The molecule has 0 bridgehead atoms. The summed E-state index contributed by atoms with van der Waals surface area (Å²) in [6.45, 7) is 11.5. The Hall–Kier alpha value is -4.22. The van der Waals surface area contributed by atoms with Crippen LogP contribution in [0.25, 0.3) is 39.0 Å². The number of benzene rings is 1. The summed E-state index contributed by atoms with van der Waals surface area (Å²) in [7, 11) is 1.43. The minimum Gasteiger partial charge on any atom is -0.496 e. The quantitative estimate of drug-likeness (QED) is 0.173. The number of amides is 1. The molecule has 0 fully saturated rings. The van der Waals surface area contributed by atoms with Crippen molar-refractivity contribution < 1.29 is 18.7 Å². The number of nitrogens with zero attached hydrogens (tertiary/aromatic N) is 5. The second kappa shape index (κ2) is 12.9. The standard InChI is InChI=1S/C33H35Cl2FN6O4/c1-17(2)25-28(18(3)11-12-37-25)42-30-19(15-20(35)26(40-30)24-21(36)9-8-10-22(24)45-7)29-27(31(42)43)39-23(16-34)41(29)14-13-38-32(44)46-33(4,5)6/h8-12,15,17H,13-14,16H2,1-7H3,(H,38,44). The minimum absolute atomic E-state index is 0.0170. The summed E-state index contributed by atoms with van der Waals surface area (Å²) < 4.78 is 29.4. The highest BCUT2D eigenvalue weighted by molar-refractivity contribution is 6.34. The van der Waals surface area contributed by atoms with Crippen LogP contribution in [0.1, 0.15) is 57.6 Å². The number of hydrogen-bond acceptors (Lipinski definition) is 7. The van der Waals surface area contributed by atoms with E-state index in [0.29, 0.717) is 28.1 Å². The fourth-order valence-corrected chi connectivity index (χ4v) is 5.90. The van der Waals surface area contributed by atoms with Gasteiger partial charge in [-0.25, -0.2) is 19.2 Å². The number of rotatable bonds is 8. The zero-order chi connectivity index (χ0) is 33.5. The van der Waals surface area contributed by atoms with E-state index in [2.05, 4.69) is 15.3 Å². The molecule has 10 nitrogen and oxygen atoms in total. The number of aromatic nitrogens is 5. The van der Waals surface area contributed by atoms with Crippen LogP contribution in [0.2, 0.25) is 5.02 Å². The third kappa shape index (κ3) is 6.13. The van der Waals surface area contributed by atoms with Crippen molar-refractivity contribution >= 4 is 51.4 Å². The Balaban J connectivity index is 1.86.